The van der Waals surface area contributed by atoms with E-state index >= 15 is 0 Å². The quantitative estimate of drug-likeness (QED) is 0.916. The summed E-state index contributed by atoms with van der Waals surface area (Å²) in [5.74, 6) is 1.35. The third-order valence-corrected chi connectivity index (χ3v) is 6.19. The molecule has 0 aliphatic carbocycles. The third-order valence-electron chi connectivity index (χ3n) is 4.81. The second-order valence-corrected chi connectivity index (χ2v) is 8.04. The van der Waals surface area contributed by atoms with Gasteiger partial charge >= 0.3 is 0 Å². The highest BCUT2D eigenvalue weighted by atomic mass is 32.2. The van der Waals surface area contributed by atoms with Gasteiger partial charge in [-0.15, -0.1) is 0 Å². The monoisotopic (exact) mass is 304 g/mol. The molecule has 1 aromatic carbocycles. The summed E-state index contributed by atoms with van der Waals surface area (Å²) in [6.45, 7) is 5.96. The molecule has 3 rings (SSSR count). The fourth-order valence-electron chi connectivity index (χ4n) is 3.62. The van der Waals surface area contributed by atoms with Crippen LogP contribution in [0.25, 0.3) is 0 Å². The molecule has 1 N–H and O–H groups in total. The molecular formula is C18H28N2S. The Balaban J connectivity index is 1.51. The van der Waals surface area contributed by atoms with Gasteiger partial charge in [0.1, 0.15) is 0 Å². The number of hydrogen-bond donors (Lipinski definition) is 1. The molecular weight excluding hydrogens is 276 g/mol. The van der Waals surface area contributed by atoms with Crippen LogP contribution in [-0.4, -0.2) is 41.1 Å². The number of nitrogens with zero attached hydrogens (tertiary/aromatic N) is 1. The Morgan fingerprint density at radius 3 is 2.86 bits per heavy atom. The maximum absolute atomic E-state index is 3.96. The van der Waals surface area contributed by atoms with Crippen LogP contribution >= 0.6 is 11.8 Å². The molecule has 116 valence electrons. The Bertz CT molecular complexity index is 422. The number of likely N-dealkylation sites (tertiary alicyclic amines) is 1. The van der Waals surface area contributed by atoms with Crippen LogP contribution in [0, 0.1) is 0 Å². The highest BCUT2D eigenvalue weighted by molar-refractivity contribution is 7.99. The molecule has 0 aromatic heterocycles. The van der Waals surface area contributed by atoms with E-state index in [9.17, 15) is 0 Å². The first kappa shape index (κ1) is 15.4. The highest BCUT2D eigenvalue weighted by Gasteiger charge is 2.27. The molecule has 0 radical (unpaired) electrons. The lowest BCUT2D eigenvalue weighted by molar-refractivity contribution is 0.173. The van der Waals surface area contributed by atoms with Gasteiger partial charge in [0.15, 0.2) is 0 Å². The van der Waals surface area contributed by atoms with E-state index in [2.05, 4.69) is 59.2 Å². The van der Waals surface area contributed by atoms with Crippen LogP contribution in [0.2, 0.25) is 0 Å². The van der Waals surface area contributed by atoms with Crippen molar-refractivity contribution in [2.45, 2.75) is 56.5 Å². The minimum Gasteiger partial charge on any atom is -0.309 e. The fourth-order valence-corrected chi connectivity index (χ4v) is 4.77. The zero-order valence-electron chi connectivity index (χ0n) is 13.1. The number of thioether (sulfide) groups is 1. The summed E-state index contributed by atoms with van der Waals surface area (Å²) in [5.41, 5.74) is 1.44. The second kappa shape index (κ2) is 7.66. The van der Waals surface area contributed by atoms with E-state index in [4.69, 9.17) is 0 Å². The summed E-state index contributed by atoms with van der Waals surface area (Å²) in [6, 6.07) is 12.3. The van der Waals surface area contributed by atoms with Crippen LogP contribution in [0.3, 0.4) is 0 Å². The van der Waals surface area contributed by atoms with Gasteiger partial charge in [-0.3, -0.25) is 4.90 Å². The molecule has 0 saturated carbocycles. The smallest absolute Gasteiger partial charge is 0.0234 e. The van der Waals surface area contributed by atoms with E-state index in [-0.39, 0.29) is 0 Å². The molecule has 3 atom stereocenters. The number of piperidine rings is 1. The van der Waals surface area contributed by atoms with Gasteiger partial charge in [-0.2, -0.15) is 11.8 Å². The number of nitrogens with one attached hydrogen (secondary N) is 1. The molecule has 2 heterocycles. The Hall–Kier alpha value is -0.510. The number of rotatable bonds is 4. The predicted molar refractivity (Wildman–Crippen MR) is 92.8 cm³/mol. The minimum atomic E-state index is 0.689. The van der Waals surface area contributed by atoms with E-state index in [0.717, 1.165) is 17.8 Å². The molecule has 0 spiro atoms. The fraction of sp³-hybridized carbons (Fsp3) is 0.667. The number of benzene rings is 1. The number of hydrogen-bond acceptors (Lipinski definition) is 3. The van der Waals surface area contributed by atoms with Crippen molar-refractivity contribution >= 4 is 11.8 Å². The first-order valence-corrected chi connectivity index (χ1v) is 9.50. The van der Waals surface area contributed by atoms with Gasteiger partial charge < -0.3 is 5.32 Å². The predicted octanol–water partition coefficient (Wildman–Crippen LogP) is 3.52. The van der Waals surface area contributed by atoms with Crippen LogP contribution in [-0.2, 0) is 6.54 Å². The van der Waals surface area contributed by atoms with Crippen LogP contribution in [0.1, 0.15) is 38.2 Å². The molecule has 2 aliphatic heterocycles. The largest absolute Gasteiger partial charge is 0.309 e. The van der Waals surface area contributed by atoms with Gasteiger partial charge in [0.2, 0.25) is 0 Å². The first-order chi connectivity index (χ1) is 10.3. The molecule has 21 heavy (non-hydrogen) atoms. The second-order valence-electron chi connectivity index (χ2n) is 6.55. The van der Waals surface area contributed by atoms with Gasteiger partial charge in [-0.05, 0) is 43.5 Å². The van der Waals surface area contributed by atoms with Crippen LogP contribution in [0.4, 0.5) is 0 Å². The lowest BCUT2D eigenvalue weighted by Crippen LogP contribution is -2.51. The molecule has 0 amide bonds. The lowest BCUT2D eigenvalue weighted by atomic mass is 10.0. The lowest BCUT2D eigenvalue weighted by Gasteiger charge is -2.38. The maximum Gasteiger partial charge on any atom is 0.0234 e. The molecule has 0 bridgehead atoms. The molecule has 2 saturated heterocycles. The van der Waals surface area contributed by atoms with Crippen molar-refractivity contribution in [2.75, 3.05) is 18.8 Å². The summed E-state index contributed by atoms with van der Waals surface area (Å²) in [5, 5.41) is 4.74. The van der Waals surface area contributed by atoms with Gasteiger partial charge in [-0.25, -0.2) is 0 Å². The molecule has 2 aliphatic rings. The topological polar surface area (TPSA) is 15.3 Å². The minimum absolute atomic E-state index is 0.689. The molecule has 2 nitrogen and oxygen atoms in total. The van der Waals surface area contributed by atoms with Gasteiger partial charge in [0.25, 0.3) is 0 Å². The van der Waals surface area contributed by atoms with Crippen LogP contribution in [0.15, 0.2) is 30.3 Å². The van der Waals surface area contributed by atoms with E-state index in [1.807, 2.05) is 0 Å². The van der Waals surface area contributed by atoms with Crippen molar-refractivity contribution in [2.24, 2.45) is 0 Å². The van der Waals surface area contributed by atoms with Gasteiger partial charge in [0.05, 0.1) is 0 Å². The van der Waals surface area contributed by atoms with E-state index < -0.39 is 0 Å². The van der Waals surface area contributed by atoms with Gasteiger partial charge in [0, 0.05) is 30.4 Å². The molecule has 3 unspecified atom stereocenters. The zero-order valence-corrected chi connectivity index (χ0v) is 13.9. The summed E-state index contributed by atoms with van der Waals surface area (Å²) in [7, 11) is 0. The van der Waals surface area contributed by atoms with Gasteiger partial charge in [-0.1, -0.05) is 37.3 Å². The van der Waals surface area contributed by atoms with E-state index in [1.165, 1.54) is 50.1 Å². The normalized spacial score (nSPS) is 31.2. The molecule has 1 aromatic rings. The highest BCUT2D eigenvalue weighted by Crippen LogP contribution is 2.26. The van der Waals surface area contributed by atoms with Crippen LogP contribution in [0.5, 0.6) is 0 Å². The summed E-state index contributed by atoms with van der Waals surface area (Å²) in [6.07, 6.45) is 5.42. The van der Waals surface area contributed by atoms with E-state index in [1.54, 1.807) is 0 Å². The Morgan fingerprint density at radius 1 is 1.19 bits per heavy atom. The van der Waals surface area contributed by atoms with Crippen LogP contribution < -0.4 is 5.32 Å². The zero-order chi connectivity index (χ0) is 14.5. The average Bonchev–Trinajstić information content (AvgIpc) is 2.51. The summed E-state index contributed by atoms with van der Waals surface area (Å²) >= 11 is 2.14. The summed E-state index contributed by atoms with van der Waals surface area (Å²) in [4.78, 5) is 2.62. The van der Waals surface area contributed by atoms with Crippen molar-refractivity contribution in [1.29, 1.82) is 0 Å². The van der Waals surface area contributed by atoms with Crippen molar-refractivity contribution in [3.05, 3.63) is 35.9 Å². The Kier molecular flexibility index (Phi) is 5.61. The third kappa shape index (κ3) is 4.48. The van der Waals surface area contributed by atoms with Crippen molar-refractivity contribution < 1.29 is 0 Å². The molecule has 2 fully saturated rings. The Labute approximate surface area is 133 Å². The van der Waals surface area contributed by atoms with Crippen molar-refractivity contribution in [3.8, 4) is 0 Å². The van der Waals surface area contributed by atoms with E-state index in [0.29, 0.717) is 6.04 Å². The summed E-state index contributed by atoms with van der Waals surface area (Å²) < 4.78 is 0. The average molecular weight is 305 g/mol. The van der Waals surface area contributed by atoms with Crippen molar-refractivity contribution in [3.63, 3.8) is 0 Å². The maximum atomic E-state index is 3.96. The van der Waals surface area contributed by atoms with Crippen molar-refractivity contribution in [1.82, 2.24) is 10.2 Å². The Morgan fingerprint density at radius 2 is 2.05 bits per heavy atom. The molecule has 3 heteroatoms. The SMILES string of the molecule is CC1SCCCC1NC1CCCN(Cc2ccccc2)C1. The first-order valence-electron chi connectivity index (χ1n) is 8.45. The standard InChI is InChI=1S/C18H28N2S/c1-15-18(10-6-12-21-15)19-17-9-5-11-20(14-17)13-16-7-3-2-4-8-16/h2-4,7-8,15,17-19H,5-6,9-14H2,1H3.